The van der Waals surface area contributed by atoms with Crippen molar-refractivity contribution in [2.75, 3.05) is 0 Å². The standard InChI is InChI=1S/C8H7Cl2NO/c1-4-2-5(9)3-6(10)7(4)8(11)12/h2-3H,1H3,(H2,11,12)/i1D3. The lowest BCUT2D eigenvalue weighted by Crippen LogP contribution is -2.13. The van der Waals surface area contributed by atoms with E-state index in [9.17, 15) is 4.79 Å². The highest BCUT2D eigenvalue weighted by Gasteiger charge is 2.10. The number of halogens is 2. The first kappa shape index (κ1) is 5.84. The lowest BCUT2D eigenvalue weighted by Gasteiger charge is -2.04. The zero-order chi connectivity index (χ0) is 11.8. The van der Waals surface area contributed by atoms with Gasteiger partial charge < -0.3 is 5.73 Å². The molecule has 0 aromatic heterocycles. The Morgan fingerprint density at radius 1 is 1.58 bits per heavy atom. The fraction of sp³-hybridized carbons (Fsp3) is 0.125. The van der Waals surface area contributed by atoms with Crippen molar-refractivity contribution in [3.63, 3.8) is 0 Å². The van der Waals surface area contributed by atoms with Crippen molar-refractivity contribution in [1.29, 1.82) is 0 Å². The van der Waals surface area contributed by atoms with Crippen LogP contribution in [-0.2, 0) is 0 Å². The van der Waals surface area contributed by atoms with E-state index in [1.54, 1.807) is 0 Å². The lowest BCUT2D eigenvalue weighted by atomic mass is 10.1. The first-order valence-electron chi connectivity index (χ1n) is 4.53. The number of amides is 1. The minimum atomic E-state index is -2.47. The van der Waals surface area contributed by atoms with E-state index in [0.29, 0.717) is 0 Å². The normalized spacial score (nSPS) is 14.7. The van der Waals surface area contributed by atoms with E-state index >= 15 is 0 Å². The summed E-state index contributed by atoms with van der Waals surface area (Å²) < 4.78 is 21.6. The van der Waals surface area contributed by atoms with Crippen molar-refractivity contribution in [3.8, 4) is 0 Å². The van der Waals surface area contributed by atoms with Crippen LogP contribution in [0.3, 0.4) is 0 Å². The Morgan fingerprint density at radius 2 is 2.25 bits per heavy atom. The number of carbonyl (C=O) groups excluding carboxylic acids is 1. The van der Waals surface area contributed by atoms with Crippen molar-refractivity contribution >= 4 is 29.1 Å². The molecule has 4 heteroatoms. The Bertz CT molecular complexity index is 417. The van der Waals surface area contributed by atoms with Crippen LogP contribution in [0.15, 0.2) is 12.1 Å². The zero-order valence-corrected chi connectivity index (χ0v) is 7.41. The van der Waals surface area contributed by atoms with Crippen LogP contribution in [0.5, 0.6) is 0 Å². The Balaban J connectivity index is 3.54. The van der Waals surface area contributed by atoms with Gasteiger partial charge in [0.25, 0.3) is 0 Å². The van der Waals surface area contributed by atoms with Crippen LogP contribution in [-0.4, -0.2) is 5.91 Å². The van der Waals surface area contributed by atoms with Crippen LogP contribution in [0.2, 0.25) is 10.0 Å². The molecule has 64 valence electrons. The van der Waals surface area contributed by atoms with Crippen LogP contribution in [0.4, 0.5) is 0 Å². The monoisotopic (exact) mass is 206 g/mol. The molecule has 1 aromatic carbocycles. The fourth-order valence-corrected chi connectivity index (χ4v) is 1.41. The molecule has 0 aliphatic rings. The number of carbonyl (C=O) groups is 1. The van der Waals surface area contributed by atoms with Crippen LogP contribution >= 0.6 is 23.2 Å². The molecule has 0 fully saturated rings. The number of nitrogens with two attached hydrogens (primary N) is 1. The minimum absolute atomic E-state index is 0.0545. The third-order valence-electron chi connectivity index (χ3n) is 1.30. The maximum atomic E-state index is 11.0. The summed E-state index contributed by atoms with van der Waals surface area (Å²) in [4.78, 5) is 11.0. The summed E-state index contributed by atoms with van der Waals surface area (Å²) >= 11 is 11.3. The number of hydrogen-bond donors (Lipinski definition) is 1. The van der Waals surface area contributed by atoms with Crippen molar-refractivity contribution in [1.82, 2.24) is 0 Å². The van der Waals surface area contributed by atoms with Gasteiger partial charge in [0.15, 0.2) is 0 Å². The second-order valence-corrected chi connectivity index (χ2v) is 3.02. The van der Waals surface area contributed by atoms with Crippen molar-refractivity contribution < 1.29 is 8.91 Å². The van der Waals surface area contributed by atoms with Gasteiger partial charge in [-0.3, -0.25) is 4.79 Å². The molecular weight excluding hydrogens is 197 g/mol. The third kappa shape index (κ3) is 1.71. The molecule has 0 bridgehead atoms. The summed E-state index contributed by atoms with van der Waals surface area (Å²) in [5.74, 6) is -0.886. The maximum absolute atomic E-state index is 11.0. The van der Waals surface area contributed by atoms with Gasteiger partial charge in [0.2, 0.25) is 5.91 Å². The number of benzene rings is 1. The summed E-state index contributed by atoms with van der Waals surface area (Å²) in [7, 11) is 0. The summed E-state index contributed by atoms with van der Waals surface area (Å²) in [6.07, 6.45) is 0. The molecule has 0 atom stereocenters. The van der Waals surface area contributed by atoms with E-state index in [1.165, 1.54) is 12.1 Å². The first-order valence-corrected chi connectivity index (χ1v) is 3.78. The number of aryl methyl sites for hydroxylation is 1. The number of hydrogen-bond acceptors (Lipinski definition) is 1. The molecule has 0 aliphatic carbocycles. The average Bonchev–Trinajstić information content (AvgIpc) is 1.99. The van der Waals surface area contributed by atoms with E-state index in [-0.39, 0.29) is 21.2 Å². The van der Waals surface area contributed by atoms with E-state index in [4.69, 9.17) is 33.0 Å². The van der Waals surface area contributed by atoms with Gasteiger partial charge in [-0.2, -0.15) is 0 Å². The summed E-state index contributed by atoms with van der Waals surface area (Å²) in [6.45, 7) is -2.47. The third-order valence-corrected chi connectivity index (χ3v) is 1.82. The second-order valence-electron chi connectivity index (χ2n) is 2.17. The SMILES string of the molecule is [2H]C([2H])([2H])c1cc(Cl)cc(Cl)c1C(N)=O. The van der Waals surface area contributed by atoms with Crippen molar-refractivity contribution in [3.05, 3.63) is 33.3 Å². The topological polar surface area (TPSA) is 43.1 Å². The highest BCUT2D eigenvalue weighted by atomic mass is 35.5. The van der Waals surface area contributed by atoms with Gasteiger partial charge in [0.1, 0.15) is 0 Å². The molecule has 0 aliphatic heterocycles. The van der Waals surface area contributed by atoms with Crippen LogP contribution in [0.25, 0.3) is 0 Å². The highest BCUT2D eigenvalue weighted by molar-refractivity contribution is 6.37. The highest BCUT2D eigenvalue weighted by Crippen LogP contribution is 2.24. The predicted octanol–water partition coefficient (Wildman–Crippen LogP) is 2.40. The summed E-state index contributed by atoms with van der Waals surface area (Å²) in [6, 6.07) is 2.44. The molecule has 0 radical (unpaired) electrons. The smallest absolute Gasteiger partial charge is 0.250 e. The van der Waals surface area contributed by atoms with Gasteiger partial charge in [0, 0.05) is 9.13 Å². The van der Waals surface area contributed by atoms with Gasteiger partial charge in [-0.25, -0.2) is 0 Å². The fourth-order valence-electron chi connectivity index (χ4n) is 0.824. The van der Waals surface area contributed by atoms with Gasteiger partial charge in [-0.05, 0) is 24.5 Å². The van der Waals surface area contributed by atoms with E-state index in [1.807, 2.05) is 0 Å². The molecule has 12 heavy (non-hydrogen) atoms. The Morgan fingerprint density at radius 3 is 2.75 bits per heavy atom. The van der Waals surface area contributed by atoms with Crippen molar-refractivity contribution in [2.24, 2.45) is 5.73 Å². The quantitative estimate of drug-likeness (QED) is 0.754. The van der Waals surface area contributed by atoms with Crippen molar-refractivity contribution in [2.45, 2.75) is 6.85 Å². The summed E-state index contributed by atoms with van der Waals surface area (Å²) in [5.41, 5.74) is 4.61. The van der Waals surface area contributed by atoms with Gasteiger partial charge >= 0.3 is 0 Å². The lowest BCUT2D eigenvalue weighted by molar-refractivity contribution is 0.1000. The molecule has 2 nitrogen and oxygen atoms in total. The molecule has 1 rings (SSSR count). The van der Waals surface area contributed by atoms with E-state index in [0.717, 1.165) is 0 Å². The van der Waals surface area contributed by atoms with Crippen LogP contribution in [0.1, 0.15) is 20.0 Å². The van der Waals surface area contributed by atoms with E-state index < -0.39 is 12.8 Å². The molecule has 1 amide bonds. The average molecular weight is 207 g/mol. The Labute approximate surface area is 84.5 Å². The first-order chi connectivity index (χ1) is 6.73. The molecule has 0 unspecified atom stereocenters. The zero-order valence-electron chi connectivity index (χ0n) is 8.90. The molecular formula is C8H7Cl2NO. The molecule has 2 N–H and O–H groups in total. The van der Waals surface area contributed by atoms with E-state index in [2.05, 4.69) is 0 Å². The number of rotatable bonds is 1. The predicted molar refractivity (Wildman–Crippen MR) is 49.7 cm³/mol. The number of primary amides is 1. The van der Waals surface area contributed by atoms with Gasteiger partial charge in [-0.1, -0.05) is 23.2 Å². The van der Waals surface area contributed by atoms with Gasteiger partial charge in [-0.15, -0.1) is 0 Å². The molecule has 0 spiro atoms. The molecule has 0 saturated carbocycles. The van der Waals surface area contributed by atoms with Gasteiger partial charge in [0.05, 0.1) is 10.6 Å². The second kappa shape index (κ2) is 3.33. The van der Waals surface area contributed by atoms with Crippen LogP contribution < -0.4 is 5.73 Å². The molecule has 0 saturated heterocycles. The molecule has 0 heterocycles. The van der Waals surface area contributed by atoms with Crippen LogP contribution in [0, 0.1) is 6.85 Å². The summed E-state index contributed by atoms with van der Waals surface area (Å²) in [5, 5.41) is 0.0947. The largest absolute Gasteiger partial charge is 0.366 e. The molecule has 1 aromatic rings. The minimum Gasteiger partial charge on any atom is -0.366 e. The Hall–Kier alpha value is -0.730. The maximum Gasteiger partial charge on any atom is 0.250 e. The Kier molecular flexibility index (Phi) is 1.62.